The number of nitrogens with one attached hydrogen (secondary N) is 2. The minimum absolute atomic E-state index is 0.0681. The molecule has 0 aliphatic rings. The number of halogens is 3. The van der Waals surface area contributed by atoms with Crippen molar-refractivity contribution in [2.75, 3.05) is 32.7 Å². The zero-order chi connectivity index (χ0) is 19.3. The van der Waals surface area contributed by atoms with Gasteiger partial charge in [0.1, 0.15) is 6.61 Å². The summed E-state index contributed by atoms with van der Waals surface area (Å²) >= 11 is 0. The number of rotatable bonds is 8. The van der Waals surface area contributed by atoms with E-state index in [-0.39, 0.29) is 22.8 Å². The van der Waals surface area contributed by atoms with Crippen LogP contribution in [0.4, 0.5) is 18.9 Å². The molecule has 1 aromatic rings. The van der Waals surface area contributed by atoms with Crippen LogP contribution in [-0.2, 0) is 19.5 Å². The number of alkyl halides is 3. The summed E-state index contributed by atoms with van der Waals surface area (Å²) in [5.74, 6) is -0.793. The van der Waals surface area contributed by atoms with Crippen molar-refractivity contribution < 1.29 is 35.9 Å². The van der Waals surface area contributed by atoms with Gasteiger partial charge in [0.15, 0.2) is 0 Å². The van der Waals surface area contributed by atoms with E-state index in [9.17, 15) is 26.4 Å². The van der Waals surface area contributed by atoms with Crippen molar-refractivity contribution in [2.45, 2.75) is 24.0 Å². The molecule has 11 heteroatoms. The van der Waals surface area contributed by atoms with Gasteiger partial charge in [-0.15, -0.1) is 0 Å². The number of sulfonamides is 1. The lowest BCUT2D eigenvalue weighted by Gasteiger charge is -2.18. The Balaban J connectivity index is 2.97. The van der Waals surface area contributed by atoms with Gasteiger partial charge in [-0.05, 0) is 32.2 Å². The molecule has 0 aromatic heterocycles. The van der Waals surface area contributed by atoms with E-state index in [1.807, 2.05) is 0 Å². The monoisotopic (exact) mass is 384 g/mol. The molecule has 0 spiro atoms. The van der Waals surface area contributed by atoms with Crippen molar-refractivity contribution in [2.24, 2.45) is 0 Å². The molecule has 0 aliphatic heterocycles. The van der Waals surface area contributed by atoms with Crippen molar-refractivity contribution in [3.05, 3.63) is 23.8 Å². The van der Waals surface area contributed by atoms with Gasteiger partial charge in [0.05, 0.1) is 24.2 Å². The molecule has 0 radical (unpaired) electrons. The Morgan fingerprint density at radius 2 is 1.96 bits per heavy atom. The van der Waals surface area contributed by atoms with E-state index in [0.29, 0.717) is 0 Å². The number of hydrogen-bond donors (Lipinski definition) is 2. The minimum atomic E-state index is -4.43. The fraction of sp³-hybridized carbons (Fsp3) is 0.500. The molecule has 25 heavy (non-hydrogen) atoms. The van der Waals surface area contributed by atoms with E-state index < -0.39 is 34.8 Å². The number of carbonyl (C=O) groups excluding carboxylic acids is 1. The van der Waals surface area contributed by atoms with Crippen molar-refractivity contribution in [1.82, 2.24) is 4.72 Å². The average molecular weight is 384 g/mol. The van der Waals surface area contributed by atoms with Crippen LogP contribution in [0.3, 0.4) is 0 Å². The third-order valence-corrected chi connectivity index (χ3v) is 4.42. The lowest BCUT2D eigenvalue weighted by molar-refractivity contribution is -0.174. The SMILES string of the molecule is CNS(=O)(=O)c1ccc(NC(C)COCC(F)(F)F)c(C(=O)OC)c1. The van der Waals surface area contributed by atoms with E-state index in [2.05, 4.69) is 19.5 Å². The third kappa shape index (κ3) is 6.52. The summed E-state index contributed by atoms with van der Waals surface area (Å²) in [4.78, 5) is 11.7. The third-order valence-electron chi connectivity index (χ3n) is 3.01. The van der Waals surface area contributed by atoms with Gasteiger partial charge in [0, 0.05) is 11.7 Å². The summed E-state index contributed by atoms with van der Waals surface area (Å²) in [6, 6.07) is 3.13. The Bertz CT molecular complexity index is 707. The van der Waals surface area contributed by atoms with Crippen LogP contribution in [0.2, 0.25) is 0 Å². The van der Waals surface area contributed by atoms with Gasteiger partial charge < -0.3 is 14.8 Å². The zero-order valence-corrected chi connectivity index (χ0v) is 14.6. The highest BCUT2D eigenvalue weighted by atomic mass is 32.2. The maximum absolute atomic E-state index is 12.1. The molecule has 7 nitrogen and oxygen atoms in total. The van der Waals surface area contributed by atoms with Crippen LogP contribution in [0, 0.1) is 0 Å². The summed E-state index contributed by atoms with van der Waals surface area (Å²) in [5.41, 5.74) is 0.145. The van der Waals surface area contributed by atoms with E-state index in [1.54, 1.807) is 6.92 Å². The molecule has 0 saturated carbocycles. The van der Waals surface area contributed by atoms with Gasteiger partial charge in [0.25, 0.3) is 0 Å². The first-order valence-electron chi connectivity index (χ1n) is 7.07. The van der Waals surface area contributed by atoms with Crippen molar-refractivity contribution in [3.63, 3.8) is 0 Å². The van der Waals surface area contributed by atoms with Crippen LogP contribution in [0.15, 0.2) is 23.1 Å². The van der Waals surface area contributed by atoms with Crippen LogP contribution in [0.5, 0.6) is 0 Å². The number of ether oxygens (including phenoxy) is 2. The highest BCUT2D eigenvalue weighted by Crippen LogP contribution is 2.22. The smallest absolute Gasteiger partial charge is 0.411 e. The first-order valence-corrected chi connectivity index (χ1v) is 8.55. The van der Waals surface area contributed by atoms with Gasteiger partial charge in [0.2, 0.25) is 10.0 Å². The average Bonchev–Trinajstić information content (AvgIpc) is 2.53. The van der Waals surface area contributed by atoms with Crippen molar-refractivity contribution in [3.8, 4) is 0 Å². The molecule has 0 fully saturated rings. The van der Waals surface area contributed by atoms with Gasteiger partial charge >= 0.3 is 12.1 Å². The van der Waals surface area contributed by atoms with E-state index >= 15 is 0 Å². The molecule has 0 saturated heterocycles. The minimum Gasteiger partial charge on any atom is -0.465 e. The molecule has 1 atom stereocenters. The number of methoxy groups -OCH3 is 1. The van der Waals surface area contributed by atoms with E-state index in [4.69, 9.17) is 0 Å². The normalized spacial score (nSPS) is 13.4. The molecule has 1 rings (SSSR count). The number of anilines is 1. The molecule has 0 amide bonds. The molecule has 1 unspecified atom stereocenters. The van der Waals surface area contributed by atoms with E-state index in [1.165, 1.54) is 19.2 Å². The van der Waals surface area contributed by atoms with Crippen LogP contribution < -0.4 is 10.0 Å². The Hall–Kier alpha value is -1.85. The van der Waals surface area contributed by atoms with Gasteiger partial charge in [-0.3, -0.25) is 0 Å². The second kappa shape index (κ2) is 8.50. The quantitative estimate of drug-likeness (QED) is 0.664. The predicted octanol–water partition coefficient (Wildman–Crippen LogP) is 1.76. The fourth-order valence-electron chi connectivity index (χ4n) is 1.87. The number of hydrogen-bond acceptors (Lipinski definition) is 6. The predicted molar refractivity (Wildman–Crippen MR) is 84.0 cm³/mol. The largest absolute Gasteiger partial charge is 0.465 e. The summed E-state index contributed by atoms with van der Waals surface area (Å²) < 4.78 is 71.1. The van der Waals surface area contributed by atoms with Crippen LogP contribution in [-0.4, -0.2) is 54.0 Å². The van der Waals surface area contributed by atoms with Gasteiger partial charge in [-0.2, -0.15) is 13.2 Å². The number of carbonyl (C=O) groups is 1. The summed E-state index contributed by atoms with van der Waals surface area (Å²) in [5, 5.41) is 2.80. The maximum atomic E-state index is 12.1. The lowest BCUT2D eigenvalue weighted by Crippen LogP contribution is -2.27. The first kappa shape index (κ1) is 21.2. The Morgan fingerprint density at radius 1 is 1.32 bits per heavy atom. The second-order valence-electron chi connectivity index (χ2n) is 5.08. The molecule has 142 valence electrons. The maximum Gasteiger partial charge on any atom is 0.411 e. The van der Waals surface area contributed by atoms with Crippen LogP contribution >= 0.6 is 0 Å². The number of benzene rings is 1. The topological polar surface area (TPSA) is 93.7 Å². The first-order chi connectivity index (χ1) is 11.5. The molecule has 0 bridgehead atoms. The van der Waals surface area contributed by atoms with Crippen molar-refractivity contribution in [1.29, 1.82) is 0 Å². The Kier molecular flexibility index (Phi) is 7.20. The van der Waals surface area contributed by atoms with Gasteiger partial charge in [-0.1, -0.05) is 0 Å². The van der Waals surface area contributed by atoms with Crippen molar-refractivity contribution >= 4 is 21.7 Å². The zero-order valence-electron chi connectivity index (χ0n) is 13.8. The Morgan fingerprint density at radius 3 is 2.48 bits per heavy atom. The Labute approximate surface area is 143 Å². The van der Waals surface area contributed by atoms with Crippen LogP contribution in [0.25, 0.3) is 0 Å². The molecule has 0 heterocycles. The molecule has 2 N–H and O–H groups in total. The van der Waals surface area contributed by atoms with E-state index in [0.717, 1.165) is 13.2 Å². The number of esters is 1. The molecule has 1 aromatic carbocycles. The molecular weight excluding hydrogens is 365 g/mol. The summed E-state index contributed by atoms with van der Waals surface area (Å²) in [7, 11) is -1.43. The molecular formula is C14H19F3N2O5S. The lowest BCUT2D eigenvalue weighted by atomic mass is 10.1. The van der Waals surface area contributed by atoms with Gasteiger partial charge in [-0.25, -0.2) is 17.9 Å². The highest BCUT2D eigenvalue weighted by molar-refractivity contribution is 7.89. The second-order valence-corrected chi connectivity index (χ2v) is 6.97. The molecule has 0 aliphatic carbocycles. The fourth-order valence-corrected chi connectivity index (χ4v) is 2.63. The highest BCUT2D eigenvalue weighted by Gasteiger charge is 2.27. The van der Waals surface area contributed by atoms with Crippen LogP contribution in [0.1, 0.15) is 17.3 Å². The summed E-state index contributed by atoms with van der Waals surface area (Å²) in [6.07, 6.45) is -4.43. The summed E-state index contributed by atoms with van der Waals surface area (Å²) in [6.45, 7) is -0.103. The standard InChI is InChI=1S/C14H19F3N2O5S/c1-9(7-24-8-14(15,16)17)19-12-5-4-10(25(21,22)18-2)6-11(12)13(20)23-3/h4-6,9,18-19H,7-8H2,1-3H3.